The van der Waals surface area contributed by atoms with E-state index >= 15 is 0 Å². The molecule has 0 bridgehead atoms. The van der Waals surface area contributed by atoms with E-state index < -0.39 is 12.1 Å². The zero-order chi connectivity index (χ0) is 18.2. The molecule has 1 aliphatic heterocycles. The quantitative estimate of drug-likeness (QED) is 0.682. The van der Waals surface area contributed by atoms with Crippen LogP contribution >= 0.6 is 0 Å². The number of ether oxygens (including phenoxy) is 1. The van der Waals surface area contributed by atoms with Crippen LogP contribution in [0.25, 0.3) is 10.8 Å². The van der Waals surface area contributed by atoms with Crippen LogP contribution in [-0.4, -0.2) is 48.3 Å². The van der Waals surface area contributed by atoms with Crippen LogP contribution in [0.4, 0.5) is 0 Å². The highest BCUT2D eigenvalue weighted by atomic mass is 16.5. The van der Waals surface area contributed by atoms with Crippen LogP contribution < -0.4 is 0 Å². The van der Waals surface area contributed by atoms with Crippen molar-refractivity contribution < 1.29 is 14.6 Å². The lowest BCUT2D eigenvalue weighted by molar-refractivity contribution is 0.0477. The molecule has 26 heavy (non-hydrogen) atoms. The SMILES string of the molecule is O=C(OC1C#CCN(CCO)CC#C/C=C/1)c1cccc2ccccc12. The maximum Gasteiger partial charge on any atom is 0.340 e. The fourth-order valence-electron chi connectivity index (χ4n) is 2.66. The van der Waals surface area contributed by atoms with E-state index in [-0.39, 0.29) is 6.61 Å². The van der Waals surface area contributed by atoms with Gasteiger partial charge in [0.25, 0.3) is 0 Å². The number of carbonyl (C=O) groups is 1. The van der Waals surface area contributed by atoms with Gasteiger partial charge in [0.15, 0.2) is 6.10 Å². The highest BCUT2D eigenvalue weighted by Crippen LogP contribution is 2.19. The lowest BCUT2D eigenvalue weighted by Gasteiger charge is -2.15. The number of benzene rings is 2. The van der Waals surface area contributed by atoms with Crippen LogP contribution in [0.15, 0.2) is 54.6 Å². The van der Waals surface area contributed by atoms with Gasteiger partial charge in [0.05, 0.1) is 25.3 Å². The Balaban J connectivity index is 1.79. The highest BCUT2D eigenvalue weighted by Gasteiger charge is 2.14. The number of hydrogen-bond donors (Lipinski definition) is 1. The van der Waals surface area contributed by atoms with Crippen LogP contribution in [0, 0.1) is 23.7 Å². The Hall–Kier alpha value is -3.05. The van der Waals surface area contributed by atoms with Crippen molar-refractivity contribution in [3.8, 4) is 23.7 Å². The van der Waals surface area contributed by atoms with Gasteiger partial charge in [-0.1, -0.05) is 60.1 Å². The van der Waals surface area contributed by atoms with Gasteiger partial charge in [0, 0.05) is 6.54 Å². The summed E-state index contributed by atoms with van der Waals surface area (Å²) in [6.07, 6.45) is 2.67. The number of allylic oxidation sites excluding steroid dienone is 1. The van der Waals surface area contributed by atoms with Gasteiger partial charge in [0.2, 0.25) is 0 Å². The van der Waals surface area contributed by atoms with Gasteiger partial charge >= 0.3 is 5.97 Å². The molecular weight excluding hydrogens is 326 g/mol. The van der Waals surface area contributed by atoms with Crippen molar-refractivity contribution in [3.05, 3.63) is 60.2 Å². The number of hydrogen-bond acceptors (Lipinski definition) is 4. The topological polar surface area (TPSA) is 49.8 Å². The molecule has 0 fully saturated rings. The van der Waals surface area contributed by atoms with Crippen molar-refractivity contribution in [3.63, 3.8) is 0 Å². The Labute approximate surface area is 153 Å². The molecule has 1 heterocycles. The summed E-state index contributed by atoms with van der Waals surface area (Å²) in [5, 5.41) is 10.9. The predicted molar refractivity (Wildman–Crippen MR) is 101 cm³/mol. The monoisotopic (exact) mass is 345 g/mol. The molecule has 4 heteroatoms. The molecule has 0 radical (unpaired) electrons. The Morgan fingerprint density at radius 2 is 1.96 bits per heavy atom. The fraction of sp³-hybridized carbons (Fsp3) is 0.227. The smallest absolute Gasteiger partial charge is 0.340 e. The highest BCUT2D eigenvalue weighted by molar-refractivity contribution is 6.04. The third-order valence-electron chi connectivity index (χ3n) is 3.97. The van der Waals surface area contributed by atoms with Crippen LogP contribution in [0.5, 0.6) is 0 Å². The summed E-state index contributed by atoms with van der Waals surface area (Å²) in [6.45, 7) is 1.57. The molecule has 2 aromatic carbocycles. The van der Waals surface area contributed by atoms with Gasteiger partial charge in [0.1, 0.15) is 0 Å². The summed E-state index contributed by atoms with van der Waals surface area (Å²) in [5.41, 5.74) is 0.517. The van der Waals surface area contributed by atoms with Crippen LogP contribution in [0.1, 0.15) is 10.4 Å². The number of rotatable bonds is 4. The average molecular weight is 345 g/mol. The second kappa shape index (κ2) is 8.87. The Morgan fingerprint density at radius 3 is 2.85 bits per heavy atom. The Bertz CT molecular complexity index is 935. The molecule has 0 saturated heterocycles. The van der Waals surface area contributed by atoms with E-state index in [1.807, 2.05) is 41.3 Å². The van der Waals surface area contributed by atoms with Crippen LogP contribution in [0.3, 0.4) is 0 Å². The average Bonchev–Trinajstić information content (AvgIpc) is 2.67. The summed E-state index contributed by atoms with van der Waals surface area (Å²) in [4.78, 5) is 14.6. The first-order chi connectivity index (χ1) is 12.8. The number of carbonyl (C=O) groups excluding carboxylic acids is 1. The number of esters is 1. The lowest BCUT2D eigenvalue weighted by Crippen LogP contribution is -2.28. The Morgan fingerprint density at radius 1 is 1.15 bits per heavy atom. The normalized spacial score (nSPS) is 18.1. The molecule has 0 spiro atoms. The second-order valence-electron chi connectivity index (χ2n) is 5.79. The molecule has 0 amide bonds. The molecule has 0 aromatic heterocycles. The van der Waals surface area contributed by atoms with Crippen LogP contribution in [-0.2, 0) is 4.74 Å². The summed E-state index contributed by atoms with van der Waals surface area (Å²) in [5.74, 6) is 11.4. The summed E-state index contributed by atoms with van der Waals surface area (Å²) >= 11 is 0. The van der Waals surface area contributed by atoms with Crippen molar-refractivity contribution in [1.29, 1.82) is 0 Å². The van der Waals surface area contributed by atoms with Gasteiger partial charge in [-0.3, -0.25) is 4.90 Å². The number of fused-ring (bicyclic) bond motifs is 1. The third-order valence-corrected chi connectivity index (χ3v) is 3.97. The first kappa shape index (κ1) is 17.8. The molecule has 1 unspecified atom stereocenters. The van der Waals surface area contributed by atoms with E-state index in [1.54, 1.807) is 18.2 Å². The second-order valence-corrected chi connectivity index (χ2v) is 5.79. The van der Waals surface area contributed by atoms with E-state index in [0.29, 0.717) is 25.2 Å². The molecule has 1 N–H and O–H groups in total. The minimum Gasteiger partial charge on any atom is -0.441 e. The standard InChI is InChI=1S/C22H19NO3/c24-17-16-23-14-5-1-2-10-19(11-7-15-23)26-22(25)21-13-6-9-18-8-3-4-12-20(18)21/h2-4,6,8-10,12-13,19,24H,14-17H2/b10-2+. The van der Waals surface area contributed by atoms with Crippen molar-refractivity contribution >= 4 is 16.7 Å². The van der Waals surface area contributed by atoms with E-state index in [0.717, 1.165) is 10.8 Å². The zero-order valence-electron chi connectivity index (χ0n) is 14.3. The number of aliphatic hydroxyl groups is 1. The zero-order valence-corrected chi connectivity index (χ0v) is 14.3. The maximum atomic E-state index is 12.6. The van der Waals surface area contributed by atoms with Gasteiger partial charge < -0.3 is 9.84 Å². The van der Waals surface area contributed by atoms with Crippen molar-refractivity contribution in [2.45, 2.75) is 6.10 Å². The predicted octanol–water partition coefficient (Wildman–Crippen LogP) is 2.24. The largest absolute Gasteiger partial charge is 0.441 e. The number of β-amino-alcohol motifs (C(OH)–C–C–N with tert-alkyl or cyclic N) is 1. The lowest BCUT2D eigenvalue weighted by atomic mass is 10.0. The Kier molecular flexibility index (Phi) is 6.06. The van der Waals surface area contributed by atoms with Gasteiger partial charge in [-0.15, -0.1) is 0 Å². The maximum absolute atomic E-state index is 12.6. The van der Waals surface area contributed by atoms with E-state index in [1.165, 1.54) is 0 Å². The third kappa shape index (κ3) is 4.52. The first-order valence-corrected chi connectivity index (χ1v) is 8.43. The van der Waals surface area contributed by atoms with Crippen molar-refractivity contribution in [2.75, 3.05) is 26.2 Å². The minimum absolute atomic E-state index is 0.0543. The fourth-order valence-corrected chi connectivity index (χ4v) is 2.66. The molecule has 1 atom stereocenters. The molecule has 0 saturated carbocycles. The first-order valence-electron chi connectivity index (χ1n) is 8.43. The number of aliphatic hydroxyl groups excluding tert-OH is 1. The van der Waals surface area contributed by atoms with Crippen molar-refractivity contribution in [2.24, 2.45) is 0 Å². The van der Waals surface area contributed by atoms with Crippen LogP contribution in [0.2, 0.25) is 0 Å². The molecule has 3 rings (SSSR count). The molecule has 130 valence electrons. The summed E-state index contributed by atoms with van der Waals surface area (Å²) < 4.78 is 5.58. The van der Waals surface area contributed by atoms with Gasteiger partial charge in [-0.2, -0.15) is 0 Å². The van der Waals surface area contributed by atoms with E-state index in [9.17, 15) is 4.79 Å². The summed E-state index contributed by atoms with van der Waals surface area (Å²) in [6, 6.07) is 13.2. The van der Waals surface area contributed by atoms with Gasteiger partial charge in [-0.05, 0) is 29.0 Å². The molecule has 1 aliphatic rings. The minimum atomic E-state index is -0.662. The molecule has 2 aromatic rings. The van der Waals surface area contributed by atoms with Crippen molar-refractivity contribution in [1.82, 2.24) is 4.90 Å². The summed E-state index contributed by atoms with van der Waals surface area (Å²) in [7, 11) is 0. The van der Waals surface area contributed by atoms with E-state index in [2.05, 4.69) is 23.7 Å². The van der Waals surface area contributed by atoms with E-state index in [4.69, 9.17) is 9.84 Å². The molecular formula is C22H19NO3. The molecule has 0 aliphatic carbocycles. The molecule has 4 nitrogen and oxygen atoms in total. The van der Waals surface area contributed by atoms with Gasteiger partial charge in [-0.25, -0.2) is 4.79 Å². The number of nitrogens with zero attached hydrogens (tertiary/aromatic N) is 1.